The van der Waals surface area contributed by atoms with Crippen molar-refractivity contribution in [2.75, 3.05) is 23.1 Å². The van der Waals surface area contributed by atoms with Crippen molar-refractivity contribution in [3.63, 3.8) is 0 Å². The van der Waals surface area contributed by atoms with Crippen LogP contribution in [-0.4, -0.2) is 35.4 Å². The maximum absolute atomic E-state index is 12.2. The van der Waals surface area contributed by atoms with Gasteiger partial charge in [-0.2, -0.15) is 16.8 Å². The van der Waals surface area contributed by atoms with Gasteiger partial charge in [-0.05, 0) is 24.3 Å². The van der Waals surface area contributed by atoms with Gasteiger partial charge < -0.3 is 19.0 Å². The molecule has 0 saturated heterocycles. The van der Waals surface area contributed by atoms with E-state index in [1.165, 1.54) is 24.3 Å². The minimum atomic E-state index is -3.78. The highest BCUT2D eigenvalue weighted by Crippen LogP contribution is 2.27. The third-order valence-corrected chi connectivity index (χ3v) is 3.72. The van der Waals surface area contributed by atoms with Crippen LogP contribution in [0.4, 0.5) is 16.2 Å². The second-order valence-corrected chi connectivity index (χ2v) is 8.30. The minimum absolute atomic E-state index is 0.0641. The number of amides is 2. The standard InChI is InChI=1S/C15H16N2O7S2/c1-25(19,20)23-13-9-5-3-7-11(13)16-15(18)17-12-8-4-6-10-14(12)24-26(2,21)22/h3-10H,1-2H3,(H2,16,17,18). The van der Waals surface area contributed by atoms with Crippen LogP contribution in [0.1, 0.15) is 0 Å². The molecule has 0 spiro atoms. The van der Waals surface area contributed by atoms with Crippen molar-refractivity contribution in [1.82, 2.24) is 0 Å². The number of carbonyl (C=O) groups is 1. The molecule has 0 unspecified atom stereocenters. The molecule has 9 nitrogen and oxygen atoms in total. The summed E-state index contributed by atoms with van der Waals surface area (Å²) in [4.78, 5) is 12.2. The first kappa shape index (κ1) is 19.5. The Morgan fingerprint density at radius 3 is 1.42 bits per heavy atom. The number of hydrogen-bond acceptors (Lipinski definition) is 7. The molecule has 0 bridgehead atoms. The molecule has 0 radical (unpaired) electrons. The molecule has 2 amide bonds. The van der Waals surface area contributed by atoms with Gasteiger partial charge in [0.15, 0.2) is 11.5 Å². The van der Waals surface area contributed by atoms with Gasteiger partial charge in [-0.25, -0.2) is 4.79 Å². The Bertz CT molecular complexity index is 936. The van der Waals surface area contributed by atoms with E-state index in [-0.39, 0.29) is 22.9 Å². The third kappa shape index (κ3) is 6.26. The molecule has 2 rings (SSSR count). The zero-order chi connectivity index (χ0) is 19.4. The number of anilines is 2. The van der Waals surface area contributed by atoms with E-state index in [1.807, 2.05) is 0 Å². The lowest BCUT2D eigenvalue weighted by Crippen LogP contribution is -2.21. The van der Waals surface area contributed by atoms with Crippen molar-refractivity contribution in [3.05, 3.63) is 48.5 Å². The Kier molecular flexibility index (Phi) is 5.73. The number of carbonyl (C=O) groups excluding carboxylic acids is 1. The molecular formula is C15H16N2O7S2. The van der Waals surface area contributed by atoms with Gasteiger partial charge in [-0.3, -0.25) is 0 Å². The van der Waals surface area contributed by atoms with Gasteiger partial charge in [0.2, 0.25) is 0 Å². The summed E-state index contributed by atoms with van der Waals surface area (Å²) >= 11 is 0. The van der Waals surface area contributed by atoms with Crippen molar-refractivity contribution in [1.29, 1.82) is 0 Å². The van der Waals surface area contributed by atoms with Gasteiger partial charge in [0.1, 0.15) is 0 Å². The summed E-state index contributed by atoms with van der Waals surface area (Å²) in [7, 11) is -7.56. The van der Waals surface area contributed by atoms with Crippen LogP contribution in [0.25, 0.3) is 0 Å². The molecule has 0 aliphatic carbocycles. The molecule has 140 valence electrons. The second kappa shape index (κ2) is 7.62. The average molecular weight is 400 g/mol. The molecule has 0 atom stereocenters. The van der Waals surface area contributed by atoms with Crippen molar-refractivity contribution in [3.8, 4) is 11.5 Å². The van der Waals surface area contributed by atoms with E-state index in [2.05, 4.69) is 10.6 Å². The van der Waals surface area contributed by atoms with Crippen LogP contribution in [0.15, 0.2) is 48.5 Å². The van der Waals surface area contributed by atoms with Crippen molar-refractivity contribution >= 4 is 37.6 Å². The molecule has 2 N–H and O–H groups in total. The van der Waals surface area contributed by atoms with Crippen LogP contribution < -0.4 is 19.0 Å². The molecule has 0 aromatic heterocycles. The average Bonchev–Trinajstić information content (AvgIpc) is 2.48. The van der Waals surface area contributed by atoms with Crippen molar-refractivity contribution in [2.45, 2.75) is 0 Å². The lowest BCUT2D eigenvalue weighted by molar-refractivity contribution is 0.262. The van der Waals surface area contributed by atoms with E-state index in [4.69, 9.17) is 8.37 Å². The Hall–Kier alpha value is -2.79. The first-order valence-electron chi connectivity index (χ1n) is 7.08. The maximum atomic E-state index is 12.2. The lowest BCUT2D eigenvalue weighted by Gasteiger charge is -2.13. The van der Waals surface area contributed by atoms with E-state index in [9.17, 15) is 21.6 Å². The van der Waals surface area contributed by atoms with E-state index in [0.717, 1.165) is 12.5 Å². The number of rotatable bonds is 6. The Balaban J connectivity index is 2.18. The summed E-state index contributed by atoms with van der Waals surface area (Å²) < 4.78 is 54.7. The maximum Gasteiger partial charge on any atom is 0.323 e. The third-order valence-electron chi connectivity index (χ3n) is 2.75. The van der Waals surface area contributed by atoms with Crippen LogP contribution in [0.5, 0.6) is 11.5 Å². The fourth-order valence-corrected chi connectivity index (χ4v) is 2.83. The predicted octanol–water partition coefficient (Wildman–Crippen LogP) is 2.01. The highest BCUT2D eigenvalue weighted by molar-refractivity contribution is 7.86. The van der Waals surface area contributed by atoms with Gasteiger partial charge in [-0.1, -0.05) is 24.3 Å². The van der Waals surface area contributed by atoms with Gasteiger partial charge in [0, 0.05) is 0 Å². The zero-order valence-electron chi connectivity index (χ0n) is 13.8. The number of hydrogen-bond donors (Lipinski definition) is 2. The topological polar surface area (TPSA) is 128 Å². The normalized spacial score (nSPS) is 11.5. The summed E-state index contributed by atoms with van der Waals surface area (Å²) in [5.41, 5.74) is 0.217. The van der Waals surface area contributed by atoms with Crippen molar-refractivity contribution < 1.29 is 30.0 Å². The summed E-state index contributed by atoms with van der Waals surface area (Å²) in [6, 6.07) is 11.1. The van der Waals surface area contributed by atoms with Gasteiger partial charge in [0.05, 0.1) is 23.9 Å². The van der Waals surface area contributed by atoms with E-state index >= 15 is 0 Å². The van der Waals surface area contributed by atoms with Crippen LogP contribution in [-0.2, 0) is 20.2 Å². The molecule has 11 heteroatoms. The molecule has 0 aliphatic heterocycles. The summed E-state index contributed by atoms with van der Waals surface area (Å²) in [5, 5.41) is 4.85. The molecule has 0 saturated carbocycles. The summed E-state index contributed by atoms with van der Waals surface area (Å²) in [6.45, 7) is 0. The van der Waals surface area contributed by atoms with Crippen LogP contribution in [0, 0.1) is 0 Å². The quantitative estimate of drug-likeness (QED) is 0.710. The van der Waals surface area contributed by atoms with Gasteiger partial charge >= 0.3 is 26.3 Å². The minimum Gasteiger partial charge on any atom is -0.380 e. The number of urea groups is 1. The molecule has 0 fully saturated rings. The van der Waals surface area contributed by atoms with Gasteiger partial charge in [0.25, 0.3) is 0 Å². The monoisotopic (exact) mass is 400 g/mol. The van der Waals surface area contributed by atoms with Crippen LogP contribution >= 0.6 is 0 Å². The fourth-order valence-electron chi connectivity index (χ4n) is 1.89. The number of para-hydroxylation sites is 4. The molecule has 0 aliphatic rings. The summed E-state index contributed by atoms with van der Waals surface area (Å²) in [5.74, 6) is -0.128. The Morgan fingerprint density at radius 1 is 0.731 bits per heavy atom. The second-order valence-electron chi connectivity index (χ2n) is 5.15. The first-order valence-corrected chi connectivity index (χ1v) is 10.7. The first-order chi connectivity index (χ1) is 12.0. The molecule has 0 heterocycles. The summed E-state index contributed by atoms with van der Waals surface area (Å²) in [6.07, 6.45) is 1.76. The molecule has 26 heavy (non-hydrogen) atoms. The van der Waals surface area contributed by atoms with E-state index < -0.39 is 26.3 Å². The Morgan fingerprint density at radius 2 is 1.08 bits per heavy atom. The lowest BCUT2D eigenvalue weighted by atomic mass is 10.3. The van der Waals surface area contributed by atoms with E-state index in [1.54, 1.807) is 24.3 Å². The largest absolute Gasteiger partial charge is 0.380 e. The molecular weight excluding hydrogens is 384 g/mol. The smallest absolute Gasteiger partial charge is 0.323 e. The van der Waals surface area contributed by atoms with Crippen LogP contribution in [0.2, 0.25) is 0 Å². The van der Waals surface area contributed by atoms with Gasteiger partial charge in [-0.15, -0.1) is 0 Å². The fraction of sp³-hybridized carbons (Fsp3) is 0.133. The molecule has 2 aromatic carbocycles. The van der Waals surface area contributed by atoms with E-state index in [0.29, 0.717) is 0 Å². The zero-order valence-corrected chi connectivity index (χ0v) is 15.4. The molecule has 2 aromatic rings. The predicted molar refractivity (Wildman–Crippen MR) is 96.5 cm³/mol. The SMILES string of the molecule is CS(=O)(=O)Oc1ccccc1NC(=O)Nc1ccccc1OS(C)(=O)=O. The number of nitrogens with one attached hydrogen (secondary N) is 2. The highest BCUT2D eigenvalue weighted by atomic mass is 32.2. The van der Waals surface area contributed by atoms with Crippen molar-refractivity contribution in [2.24, 2.45) is 0 Å². The Labute approximate surface area is 151 Å². The highest BCUT2D eigenvalue weighted by Gasteiger charge is 2.14. The number of benzene rings is 2. The van der Waals surface area contributed by atoms with Crippen LogP contribution in [0.3, 0.4) is 0 Å².